The Morgan fingerprint density at radius 2 is 1.61 bits per heavy atom. The lowest BCUT2D eigenvalue weighted by Crippen LogP contribution is -2.25. The van der Waals surface area contributed by atoms with Crippen molar-refractivity contribution in [2.24, 2.45) is 0 Å². The molecule has 0 N–H and O–H groups in total. The van der Waals surface area contributed by atoms with Crippen LogP contribution in [0.15, 0.2) is 78.9 Å². The highest BCUT2D eigenvalue weighted by molar-refractivity contribution is 6.30. The van der Waals surface area contributed by atoms with Gasteiger partial charge in [-0.05, 0) is 41.3 Å². The van der Waals surface area contributed by atoms with E-state index in [1.807, 2.05) is 18.2 Å². The summed E-state index contributed by atoms with van der Waals surface area (Å²) in [5.74, 6) is 0. The molecule has 2 atom stereocenters. The molecule has 3 aromatic rings. The fourth-order valence-corrected chi connectivity index (χ4v) is 4.16. The van der Waals surface area contributed by atoms with E-state index in [2.05, 4.69) is 17.0 Å². The Morgan fingerprint density at radius 3 is 2.32 bits per heavy atom. The predicted octanol–water partition coefficient (Wildman–Crippen LogP) is 6.74. The molecule has 0 aliphatic carbocycles. The van der Waals surface area contributed by atoms with E-state index in [1.165, 1.54) is 17.7 Å². The zero-order chi connectivity index (χ0) is 21.8. The van der Waals surface area contributed by atoms with Gasteiger partial charge in [0.2, 0.25) is 0 Å². The number of alkyl halides is 3. The fraction of sp³-hybridized carbons (Fsp3) is 0.280. The Labute approximate surface area is 185 Å². The van der Waals surface area contributed by atoms with Crippen LogP contribution >= 0.6 is 11.6 Å². The first-order chi connectivity index (χ1) is 14.9. The summed E-state index contributed by atoms with van der Waals surface area (Å²) in [6.07, 6.45) is -4.67. The predicted molar refractivity (Wildman–Crippen MR) is 116 cm³/mol. The highest BCUT2D eigenvalue weighted by Gasteiger charge is 2.37. The second kappa shape index (κ2) is 9.43. The number of hydrogen-bond acceptors (Lipinski definition) is 2. The summed E-state index contributed by atoms with van der Waals surface area (Å²) >= 11 is 6.01. The van der Waals surface area contributed by atoms with E-state index in [-0.39, 0.29) is 11.7 Å². The third-order valence-corrected chi connectivity index (χ3v) is 5.78. The number of halogens is 4. The van der Waals surface area contributed by atoms with Crippen LogP contribution in [0, 0.1) is 0 Å². The van der Waals surface area contributed by atoms with Crippen LogP contribution in [0.5, 0.6) is 0 Å². The fourth-order valence-electron chi connectivity index (χ4n) is 4.04. The van der Waals surface area contributed by atoms with Crippen LogP contribution in [-0.2, 0) is 17.5 Å². The topological polar surface area (TPSA) is 12.5 Å². The van der Waals surface area contributed by atoms with E-state index < -0.39 is 17.8 Å². The van der Waals surface area contributed by atoms with Crippen LogP contribution in [0.25, 0.3) is 0 Å². The molecule has 3 aromatic carbocycles. The van der Waals surface area contributed by atoms with Crippen molar-refractivity contribution < 1.29 is 17.9 Å². The van der Waals surface area contributed by atoms with Gasteiger partial charge in [-0.25, -0.2) is 0 Å². The van der Waals surface area contributed by atoms with Gasteiger partial charge >= 0.3 is 6.18 Å². The SMILES string of the molecule is FC(F)(F)c1ccccc1[C@H](O[C@H]1CCN(Cc2ccccc2)C1)c1ccc(Cl)cc1. The molecule has 162 valence electrons. The van der Waals surface area contributed by atoms with Gasteiger partial charge in [0.25, 0.3) is 0 Å². The molecule has 1 aliphatic heterocycles. The second-order valence-electron chi connectivity index (χ2n) is 7.78. The average molecular weight is 446 g/mol. The summed E-state index contributed by atoms with van der Waals surface area (Å²) in [4.78, 5) is 2.27. The lowest BCUT2D eigenvalue weighted by molar-refractivity contribution is -0.139. The van der Waals surface area contributed by atoms with E-state index in [1.54, 1.807) is 30.3 Å². The van der Waals surface area contributed by atoms with Crippen molar-refractivity contribution in [3.05, 3.63) is 106 Å². The Kier molecular flexibility index (Phi) is 6.65. The molecular formula is C25H23ClF3NO. The maximum atomic E-state index is 13.7. The second-order valence-corrected chi connectivity index (χ2v) is 8.22. The van der Waals surface area contributed by atoms with E-state index in [4.69, 9.17) is 16.3 Å². The maximum Gasteiger partial charge on any atom is 0.416 e. The Balaban J connectivity index is 1.57. The van der Waals surface area contributed by atoms with Crippen LogP contribution in [0.2, 0.25) is 5.02 Å². The van der Waals surface area contributed by atoms with Crippen molar-refractivity contribution in [2.75, 3.05) is 13.1 Å². The van der Waals surface area contributed by atoms with Crippen molar-refractivity contribution in [1.82, 2.24) is 4.90 Å². The van der Waals surface area contributed by atoms with Gasteiger partial charge in [0.05, 0.1) is 11.7 Å². The molecule has 0 spiro atoms. The maximum absolute atomic E-state index is 13.7. The largest absolute Gasteiger partial charge is 0.416 e. The molecule has 0 aromatic heterocycles. The third-order valence-electron chi connectivity index (χ3n) is 5.53. The van der Waals surface area contributed by atoms with Gasteiger partial charge < -0.3 is 4.74 Å². The minimum absolute atomic E-state index is 0.124. The highest BCUT2D eigenvalue weighted by Crippen LogP contribution is 2.39. The summed E-state index contributed by atoms with van der Waals surface area (Å²) in [6.45, 7) is 2.31. The molecule has 0 radical (unpaired) electrons. The van der Waals surface area contributed by atoms with Crippen molar-refractivity contribution in [3.63, 3.8) is 0 Å². The molecule has 31 heavy (non-hydrogen) atoms. The number of ether oxygens (including phenoxy) is 1. The molecule has 6 heteroatoms. The lowest BCUT2D eigenvalue weighted by Gasteiger charge is -2.26. The summed E-state index contributed by atoms with van der Waals surface area (Å²) in [7, 11) is 0. The standard InChI is InChI=1S/C25H23ClF3NO/c26-20-12-10-19(11-13-20)24(22-8-4-5-9-23(22)25(27,28)29)31-21-14-15-30(17-21)16-18-6-2-1-3-7-18/h1-13,21,24H,14-17H2/t21-,24+/m0/s1. The van der Waals surface area contributed by atoms with E-state index in [0.717, 1.165) is 25.6 Å². The summed E-state index contributed by atoms with van der Waals surface area (Å²) in [5.41, 5.74) is 1.32. The average Bonchev–Trinajstić information content (AvgIpc) is 3.20. The Hall–Kier alpha value is -2.34. The smallest absolute Gasteiger partial charge is 0.364 e. The first-order valence-electron chi connectivity index (χ1n) is 10.2. The van der Waals surface area contributed by atoms with E-state index in [0.29, 0.717) is 17.1 Å². The quantitative estimate of drug-likeness (QED) is 0.416. The van der Waals surface area contributed by atoms with E-state index in [9.17, 15) is 13.2 Å². The number of rotatable bonds is 6. The molecule has 1 aliphatic rings. The minimum Gasteiger partial charge on any atom is -0.364 e. The van der Waals surface area contributed by atoms with Crippen molar-refractivity contribution in [3.8, 4) is 0 Å². The summed E-state index contributed by atoms with van der Waals surface area (Å²) in [5, 5.41) is 0.529. The van der Waals surface area contributed by atoms with Crippen LogP contribution in [0.3, 0.4) is 0 Å². The van der Waals surface area contributed by atoms with Crippen molar-refractivity contribution >= 4 is 11.6 Å². The molecule has 4 rings (SSSR count). The van der Waals surface area contributed by atoms with Gasteiger partial charge in [-0.2, -0.15) is 13.2 Å². The third kappa shape index (κ3) is 5.48. The molecule has 0 saturated carbocycles. The monoisotopic (exact) mass is 445 g/mol. The first-order valence-corrected chi connectivity index (χ1v) is 10.6. The van der Waals surface area contributed by atoms with Gasteiger partial charge in [0, 0.05) is 24.7 Å². The first kappa shape index (κ1) is 21.9. The number of benzene rings is 3. The van der Waals surface area contributed by atoms with Crippen LogP contribution in [0.1, 0.15) is 34.8 Å². The van der Waals surface area contributed by atoms with Crippen LogP contribution in [-0.4, -0.2) is 24.1 Å². The highest BCUT2D eigenvalue weighted by atomic mass is 35.5. The van der Waals surface area contributed by atoms with Gasteiger partial charge in [-0.1, -0.05) is 72.3 Å². The normalized spacial score (nSPS) is 18.3. The Morgan fingerprint density at radius 1 is 0.935 bits per heavy atom. The molecule has 1 fully saturated rings. The number of likely N-dealkylation sites (tertiary alicyclic amines) is 1. The molecule has 0 amide bonds. The zero-order valence-corrected chi connectivity index (χ0v) is 17.6. The number of hydrogen-bond donors (Lipinski definition) is 0. The zero-order valence-electron chi connectivity index (χ0n) is 16.9. The van der Waals surface area contributed by atoms with Gasteiger partial charge in [0.15, 0.2) is 0 Å². The summed E-state index contributed by atoms with van der Waals surface area (Å²) < 4.78 is 47.5. The summed E-state index contributed by atoms with van der Waals surface area (Å²) in [6, 6.07) is 22.6. The van der Waals surface area contributed by atoms with Crippen LogP contribution < -0.4 is 0 Å². The molecule has 0 bridgehead atoms. The van der Waals surface area contributed by atoms with Gasteiger partial charge in [-0.15, -0.1) is 0 Å². The molecule has 0 unspecified atom stereocenters. The number of nitrogens with zero attached hydrogens (tertiary/aromatic N) is 1. The van der Waals surface area contributed by atoms with Crippen molar-refractivity contribution in [2.45, 2.75) is 31.3 Å². The molecule has 1 saturated heterocycles. The molecule has 2 nitrogen and oxygen atoms in total. The van der Waals surface area contributed by atoms with E-state index >= 15 is 0 Å². The van der Waals surface area contributed by atoms with Gasteiger partial charge in [0.1, 0.15) is 6.10 Å². The lowest BCUT2D eigenvalue weighted by atomic mass is 9.96. The minimum atomic E-state index is -4.46. The van der Waals surface area contributed by atoms with Gasteiger partial charge in [-0.3, -0.25) is 4.90 Å². The van der Waals surface area contributed by atoms with Crippen molar-refractivity contribution in [1.29, 1.82) is 0 Å². The Bertz CT molecular complexity index is 992. The van der Waals surface area contributed by atoms with Crippen LogP contribution in [0.4, 0.5) is 13.2 Å². The molecule has 1 heterocycles. The molecular weight excluding hydrogens is 423 g/mol.